The van der Waals surface area contributed by atoms with Gasteiger partial charge < -0.3 is 5.11 Å². The van der Waals surface area contributed by atoms with Crippen LogP contribution < -0.4 is 5.43 Å². The largest absolute Gasteiger partial charge is 0.476 e. The first-order valence-electron chi connectivity index (χ1n) is 4.67. The Morgan fingerprint density at radius 1 is 1.24 bits per heavy atom. The second kappa shape index (κ2) is 4.50. The zero-order valence-electron chi connectivity index (χ0n) is 8.50. The van der Waals surface area contributed by atoms with E-state index in [2.05, 4.69) is 21.0 Å². The van der Waals surface area contributed by atoms with Crippen LogP contribution in [-0.2, 0) is 0 Å². The number of aromatic carboxylic acids is 1. The molecule has 0 radical (unpaired) electrons. The minimum atomic E-state index is -1.33. The van der Waals surface area contributed by atoms with Crippen molar-refractivity contribution in [2.45, 2.75) is 0 Å². The molecule has 6 heteroatoms. The Kier molecular flexibility index (Phi) is 3.06. The van der Waals surface area contributed by atoms with E-state index in [1.165, 1.54) is 16.9 Å². The first-order chi connectivity index (χ1) is 8.08. The van der Waals surface area contributed by atoms with E-state index in [4.69, 9.17) is 5.11 Å². The average Bonchev–Trinajstić information content (AvgIpc) is 2.30. The topological polar surface area (TPSA) is 72.2 Å². The molecule has 17 heavy (non-hydrogen) atoms. The lowest BCUT2D eigenvalue weighted by Gasteiger charge is -2.05. The number of nitrogens with zero attached hydrogens (tertiary/aromatic N) is 2. The lowest BCUT2D eigenvalue weighted by molar-refractivity contribution is 0.0687. The highest BCUT2D eigenvalue weighted by atomic mass is 79.9. The van der Waals surface area contributed by atoms with Gasteiger partial charge in [0.25, 0.3) is 0 Å². The van der Waals surface area contributed by atoms with E-state index in [1.807, 2.05) is 0 Å². The van der Waals surface area contributed by atoms with E-state index in [0.29, 0.717) is 5.69 Å². The second-order valence-electron chi connectivity index (χ2n) is 3.25. The van der Waals surface area contributed by atoms with Gasteiger partial charge in [0.05, 0.1) is 5.69 Å². The van der Waals surface area contributed by atoms with Crippen LogP contribution in [0, 0.1) is 0 Å². The van der Waals surface area contributed by atoms with Crippen LogP contribution in [0.15, 0.2) is 45.8 Å². The highest BCUT2D eigenvalue weighted by Crippen LogP contribution is 2.12. The van der Waals surface area contributed by atoms with Crippen LogP contribution in [-0.4, -0.2) is 20.9 Å². The van der Waals surface area contributed by atoms with Crippen molar-refractivity contribution in [1.82, 2.24) is 9.78 Å². The molecule has 0 unspecified atom stereocenters. The van der Waals surface area contributed by atoms with Crippen LogP contribution in [0.5, 0.6) is 0 Å². The van der Waals surface area contributed by atoms with Crippen LogP contribution >= 0.6 is 15.9 Å². The fourth-order valence-corrected chi connectivity index (χ4v) is 1.56. The zero-order chi connectivity index (χ0) is 12.4. The third kappa shape index (κ3) is 2.42. The second-order valence-corrected chi connectivity index (χ2v) is 4.17. The molecule has 0 spiro atoms. The molecule has 0 atom stereocenters. The Morgan fingerprint density at radius 3 is 2.47 bits per heavy atom. The van der Waals surface area contributed by atoms with Gasteiger partial charge in [0.1, 0.15) is 0 Å². The fourth-order valence-electron chi connectivity index (χ4n) is 1.29. The van der Waals surface area contributed by atoms with Crippen molar-refractivity contribution in [3.63, 3.8) is 0 Å². The molecule has 0 bridgehead atoms. The molecule has 2 rings (SSSR count). The van der Waals surface area contributed by atoms with E-state index in [0.717, 1.165) is 4.47 Å². The van der Waals surface area contributed by atoms with Crippen molar-refractivity contribution >= 4 is 21.9 Å². The normalized spacial score (nSPS) is 10.2. The molecule has 0 aliphatic rings. The third-order valence-electron chi connectivity index (χ3n) is 2.10. The Hall–Kier alpha value is -1.95. The van der Waals surface area contributed by atoms with Crippen molar-refractivity contribution in [3.8, 4) is 5.69 Å². The number of carboxylic acid groups (broad SMARTS) is 1. The summed E-state index contributed by atoms with van der Waals surface area (Å²) >= 11 is 3.29. The average molecular weight is 295 g/mol. The van der Waals surface area contributed by atoms with Crippen LogP contribution in [0.1, 0.15) is 10.5 Å². The fraction of sp³-hybridized carbons (Fsp3) is 0. The maximum Gasteiger partial charge on any atom is 0.360 e. The molecule has 0 amide bonds. The molecule has 0 saturated carbocycles. The highest BCUT2D eigenvalue weighted by molar-refractivity contribution is 9.10. The number of aromatic nitrogens is 2. The number of rotatable bonds is 2. The van der Waals surface area contributed by atoms with Crippen molar-refractivity contribution in [2.75, 3.05) is 0 Å². The minimum Gasteiger partial charge on any atom is -0.476 e. The summed E-state index contributed by atoms with van der Waals surface area (Å²) in [7, 11) is 0. The van der Waals surface area contributed by atoms with E-state index >= 15 is 0 Å². The standard InChI is InChI=1S/C11H7BrN2O3/c12-7-1-3-8(4-2-7)14-6-5-9(15)10(13-14)11(16)17/h1-6H,(H,16,17). The lowest BCUT2D eigenvalue weighted by Crippen LogP contribution is -2.20. The van der Waals surface area contributed by atoms with Crippen LogP contribution in [0.25, 0.3) is 5.69 Å². The first kappa shape index (κ1) is 11.5. The Labute approximate surface area is 104 Å². The predicted molar refractivity (Wildman–Crippen MR) is 64.5 cm³/mol. The van der Waals surface area contributed by atoms with Crippen LogP contribution in [0.2, 0.25) is 0 Å². The number of carboxylic acids is 1. The van der Waals surface area contributed by atoms with E-state index in [1.54, 1.807) is 24.3 Å². The number of halogens is 1. The molecule has 0 fully saturated rings. The third-order valence-corrected chi connectivity index (χ3v) is 2.63. The SMILES string of the molecule is O=C(O)c1nn(-c2ccc(Br)cc2)ccc1=O. The molecule has 5 nitrogen and oxygen atoms in total. The number of hydrogen-bond acceptors (Lipinski definition) is 3. The summed E-state index contributed by atoms with van der Waals surface area (Å²) in [6.07, 6.45) is 1.43. The van der Waals surface area contributed by atoms with Gasteiger partial charge in [-0.25, -0.2) is 9.48 Å². The molecular formula is C11H7BrN2O3. The van der Waals surface area contributed by atoms with Crippen LogP contribution in [0.4, 0.5) is 0 Å². The summed E-state index contributed by atoms with van der Waals surface area (Å²) in [6.45, 7) is 0. The van der Waals surface area contributed by atoms with Gasteiger partial charge in [-0.15, -0.1) is 0 Å². The summed E-state index contributed by atoms with van der Waals surface area (Å²) in [5, 5.41) is 12.6. The minimum absolute atomic E-state index is 0.490. The van der Waals surface area contributed by atoms with Gasteiger partial charge in [0.2, 0.25) is 11.1 Å². The Morgan fingerprint density at radius 2 is 1.88 bits per heavy atom. The number of benzene rings is 1. The van der Waals surface area contributed by atoms with Gasteiger partial charge in [0.15, 0.2) is 0 Å². The number of hydrogen-bond donors (Lipinski definition) is 1. The molecule has 0 aliphatic carbocycles. The molecule has 0 aliphatic heterocycles. The molecule has 1 aromatic heterocycles. The molecule has 86 valence electrons. The van der Waals surface area contributed by atoms with Gasteiger partial charge in [-0.3, -0.25) is 4.79 Å². The molecule has 1 N–H and O–H groups in total. The summed E-state index contributed by atoms with van der Waals surface area (Å²) in [5.41, 5.74) is -0.419. The quantitative estimate of drug-likeness (QED) is 0.915. The molecule has 1 aromatic carbocycles. The smallest absolute Gasteiger partial charge is 0.360 e. The predicted octanol–water partition coefficient (Wildman–Crippen LogP) is 1.69. The lowest BCUT2D eigenvalue weighted by atomic mass is 10.3. The summed E-state index contributed by atoms with van der Waals surface area (Å²) in [6, 6.07) is 8.30. The summed E-state index contributed by atoms with van der Waals surface area (Å²) < 4.78 is 2.25. The maximum atomic E-state index is 11.2. The van der Waals surface area contributed by atoms with E-state index in [9.17, 15) is 9.59 Å². The number of carbonyl (C=O) groups is 1. The van der Waals surface area contributed by atoms with Gasteiger partial charge >= 0.3 is 5.97 Å². The van der Waals surface area contributed by atoms with Crippen molar-refractivity contribution in [1.29, 1.82) is 0 Å². The van der Waals surface area contributed by atoms with Crippen molar-refractivity contribution in [3.05, 3.63) is 56.9 Å². The Balaban J connectivity index is 2.53. The monoisotopic (exact) mass is 294 g/mol. The highest BCUT2D eigenvalue weighted by Gasteiger charge is 2.10. The van der Waals surface area contributed by atoms with Gasteiger partial charge in [-0.2, -0.15) is 5.10 Å². The molecule has 0 saturated heterocycles. The summed E-state index contributed by atoms with van der Waals surface area (Å²) in [4.78, 5) is 22.0. The zero-order valence-corrected chi connectivity index (χ0v) is 10.1. The van der Waals surface area contributed by atoms with Crippen molar-refractivity contribution in [2.24, 2.45) is 0 Å². The Bertz CT molecular complexity index is 619. The van der Waals surface area contributed by atoms with E-state index in [-0.39, 0.29) is 0 Å². The summed E-state index contributed by atoms with van der Waals surface area (Å²) in [5.74, 6) is -1.33. The van der Waals surface area contributed by atoms with Crippen molar-refractivity contribution < 1.29 is 9.90 Å². The first-order valence-corrected chi connectivity index (χ1v) is 5.46. The maximum absolute atomic E-state index is 11.2. The van der Waals surface area contributed by atoms with Crippen LogP contribution in [0.3, 0.4) is 0 Å². The molecule has 1 heterocycles. The molecule has 2 aromatic rings. The van der Waals surface area contributed by atoms with Gasteiger partial charge in [0, 0.05) is 16.7 Å². The van der Waals surface area contributed by atoms with E-state index < -0.39 is 17.1 Å². The van der Waals surface area contributed by atoms with Gasteiger partial charge in [-0.05, 0) is 24.3 Å². The molecular weight excluding hydrogens is 288 g/mol. The van der Waals surface area contributed by atoms with Gasteiger partial charge in [-0.1, -0.05) is 15.9 Å².